The fourth-order valence-corrected chi connectivity index (χ4v) is 5.12. The molecule has 0 fully saturated rings. The van der Waals surface area contributed by atoms with E-state index in [1.54, 1.807) is 66.7 Å². The summed E-state index contributed by atoms with van der Waals surface area (Å²) in [5, 5.41) is 5.85. The lowest BCUT2D eigenvalue weighted by Crippen LogP contribution is -2.17. The van der Waals surface area contributed by atoms with Crippen molar-refractivity contribution < 1.29 is 27.4 Å². The topological polar surface area (TPSA) is 141 Å². The molecule has 11 nitrogen and oxygen atoms in total. The van der Waals surface area contributed by atoms with Gasteiger partial charge in [0, 0.05) is 35.1 Å². The van der Waals surface area contributed by atoms with Crippen molar-refractivity contribution in [2.75, 3.05) is 36.7 Å². The zero-order chi connectivity index (χ0) is 29.7. The highest BCUT2D eigenvalue weighted by Crippen LogP contribution is 2.31. The minimum absolute atomic E-state index is 0.0266. The Hall–Kier alpha value is -5.36. The first kappa shape index (κ1) is 28.2. The third kappa shape index (κ3) is 6.34. The summed E-state index contributed by atoms with van der Waals surface area (Å²) in [6.07, 6.45) is 0. The highest BCUT2D eigenvalue weighted by Gasteiger charge is 2.20. The SMILES string of the molecule is COc1cc(Nc2nc3ccccc3nc2NS(=O)(=O)c2cccc(NC(=O)c3cccc(OC)c3)c2)cc(OC)c1. The molecule has 0 spiro atoms. The van der Waals surface area contributed by atoms with Gasteiger partial charge in [-0.3, -0.25) is 9.52 Å². The maximum atomic E-state index is 13.6. The van der Waals surface area contributed by atoms with Crippen molar-refractivity contribution in [1.82, 2.24) is 9.97 Å². The molecular formula is C30H27N5O6S. The molecule has 42 heavy (non-hydrogen) atoms. The zero-order valence-electron chi connectivity index (χ0n) is 22.9. The number of para-hydroxylation sites is 2. The third-order valence-electron chi connectivity index (χ3n) is 6.15. The van der Waals surface area contributed by atoms with E-state index in [4.69, 9.17) is 14.2 Å². The number of carbonyl (C=O) groups is 1. The van der Waals surface area contributed by atoms with Gasteiger partial charge in [0.1, 0.15) is 17.2 Å². The van der Waals surface area contributed by atoms with E-state index in [1.807, 2.05) is 6.07 Å². The second-order valence-electron chi connectivity index (χ2n) is 8.96. The molecule has 12 heteroatoms. The molecule has 1 aromatic heterocycles. The van der Waals surface area contributed by atoms with Crippen LogP contribution >= 0.6 is 0 Å². The fraction of sp³-hybridized carbons (Fsp3) is 0.100. The van der Waals surface area contributed by atoms with Gasteiger partial charge in [-0.15, -0.1) is 0 Å². The van der Waals surface area contributed by atoms with Crippen LogP contribution < -0.4 is 29.6 Å². The molecule has 0 atom stereocenters. The molecule has 1 amide bonds. The van der Waals surface area contributed by atoms with E-state index < -0.39 is 15.9 Å². The number of carbonyl (C=O) groups excluding carboxylic acids is 1. The number of rotatable bonds is 10. The number of ether oxygens (including phenoxy) is 3. The van der Waals surface area contributed by atoms with Crippen molar-refractivity contribution in [1.29, 1.82) is 0 Å². The molecule has 0 radical (unpaired) electrons. The number of nitrogens with one attached hydrogen (secondary N) is 3. The Kier molecular flexibility index (Phi) is 8.07. The van der Waals surface area contributed by atoms with Crippen LogP contribution in [0.5, 0.6) is 17.2 Å². The van der Waals surface area contributed by atoms with Crippen molar-refractivity contribution in [2.24, 2.45) is 0 Å². The highest BCUT2D eigenvalue weighted by atomic mass is 32.2. The van der Waals surface area contributed by atoms with Crippen LogP contribution in [-0.4, -0.2) is 45.6 Å². The maximum absolute atomic E-state index is 13.6. The minimum atomic E-state index is -4.17. The molecule has 0 aliphatic heterocycles. The van der Waals surface area contributed by atoms with Crippen LogP contribution in [0.15, 0.2) is 95.9 Å². The van der Waals surface area contributed by atoms with Gasteiger partial charge in [0.2, 0.25) is 0 Å². The molecule has 5 aromatic rings. The smallest absolute Gasteiger partial charge is 0.263 e. The summed E-state index contributed by atoms with van der Waals surface area (Å²) in [6, 6.07) is 24.8. The average Bonchev–Trinajstić information content (AvgIpc) is 3.01. The first-order chi connectivity index (χ1) is 20.3. The Bertz CT molecular complexity index is 1860. The van der Waals surface area contributed by atoms with Crippen LogP contribution in [-0.2, 0) is 10.0 Å². The number of amides is 1. The number of sulfonamides is 1. The van der Waals surface area contributed by atoms with Gasteiger partial charge in [0.15, 0.2) is 11.6 Å². The lowest BCUT2D eigenvalue weighted by Gasteiger charge is -2.15. The van der Waals surface area contributed by atoms with Gasteiger partial charge in [-0.25, -0.2) is 18.4 Å². The summed E-state index contributed by atoms with van der Waals surface area (Å²) < 4.78 is 45.5. The standard InChI is InChI=1S/C30H27N5O6S/c1-39-22-10-6-8-19(14-22)30(36)32-20-9-7-11-25(17-20)42(37,38)35-29-28(33-26-12-4-5-13-27(26)34-29)31-21-15-23(40-2)18-24(16-21)41-3/h4-18H,1-3H3,(H,31,33)(H,32,36)(H,34,35). The lowest BCUT2D eigenvalue weighted by atomic mass is 10.2. The molecule has 0 bridgehead atoms. The van der Waals surface area contributed by atoms with Gasteiger partial charge < -0.3 is 24.8 Å². The maximum Gasteiger partial charge on any atom is 0.263 e. The molecule has 214 valence electrons. The molecule has 3 N–H and O–H groups in total. The second-order valence-corrected chi connectivity index (χ2v) is 10.6. The third-order valence-corrected chi connectivity index (χ3v) is 7.49. The molecule has 0 unspecified atom stereocenters. The van der Waals surface area contributed by atoms with E-state index in [9.17, 15) is 13.2 Å². The Morgan fingerprint density at radius 2 is 1.31 bits per heavy atom. The summed E-state index contributed by atoms with van der Waals surface area (Å²) in [5.74, 6) is 1.30. The molecule has 1 heterocycles. The summed E-state index contributed by atoms with van der Waals surface area (Å²) in [6.45, 7) is 0. The predicted octanol–water partition coefficient (Wildman–Crippen LogP) is 5.45. The molecule has 4 aromatic carbocycles. The quantitative estimate of drug-likeness (QED) is 0.195. The van der Waals surface area contributed by atoms with Crippen molar-refractivity contribution in [3.63, 3.8) is 0 Å². The van der Waals surface area contributed by atoms with Crippen molar-refractivity contribution in [3.05, 3.63) is 96.6 Å². The molecule has 0 aliphatic carbocycles. The predicted molar refractivity (Wildman–Crippen MR) is 161 cm³/mol. The van der Waals surface area contributed by atoms with Crippen LogP contribution in [0.2, 0.25) is 0 Å². The first-order valence-electron chi connectivity index (χ1n) is 12.6. The number of hydrogen-bond acceptors (Lipinski definition) is 9. The monoisotopic (exact) mass is 585 g/mol. The van der Waals surface area contributed by atoms with Crippen LogP contribution in [0.1, 0.15) is 10.4 Å². The van der Waals surface area contributed by atoms with E-state index in [-0.39, 0.29) is 22.2 Å². The number of benzene rings is 4. The van der Waals surface area contributed by atoms with Crippen LogP contribution in [0.4, 0.5) is 23.0 Å². The van der Waals surface area contributed by atoms with Crippen LogP contribution in [0.3, 0.4) is 0 Å². The number of aromatic nitrogens is 2. The average molecular weight is 586 g/mol. The minimum Gasteiger partial charge on any atom is -0.497 e. The van der Waals surface area contributed by atoms with Crippen molar-refractivity contribution in [3.8, 4) is 17.2 Å². The summed E-state index contributed by atoms with van der Waals surface area (Å²) in [5.41, 5.74) is 2.23. The summed E-state index contributed by atoms with van der Waals surface area (Å²) in [4.78, 5) is 21.9. The van der Waals surface area contributed by atoms with E-state index >= 15 is 0 Å². The van der Waals surface area contributed by atoms with E-state index in [0.29, 0.717) is 39.5 Å². The number of methoxy groups -OCH3 is 3. The van der Waals surface area contributed by atoms with Gasteiger partial charge in [-0.2, -0.15) is 0 Å². The van der Waals surface area contributed by atoms with Gasteiger partial charge in [0.05, 0.1) is 37.3 Å². The Morgan fingerprint density at radius 1 is 0.667 bits per heavy atom. The van der Waals surface area contributed by atoms with Crippen LogP contribution in [0, 0.1) is 0 Å². The lowest BCUT2D eigenvalue weighted by molar-refractivity contribution is 0.102. The van der Waals surface area contributed by atoms with E-state index in [2.05, 4.69) is 25.3 Å². The second kappa shape index (κ2) is 12.0. The number of nitrogens with zero attached hydrogens (tertiary/aromatic N) is 2. The molecule has 0 saturated heterocycles. The normalized spacial score (nSPS) is 11.0. The van der Waals surface area contributed by atoms with Crippen LogP contribution in [0.25, 0.3) is 11.0 Å². The van der Waals surface area contributed by atoms with Gasteiger partial charge in [0.25, 0.3) is 15.9 Å². The Labute approximate surface area is 242 Å². The molecule has 5 rings (SSSR count). The Morgan fingerprint density at radius 3 is 1.98 bits per heavy atom. The van der Waals surface area contributed by atoms with E-state index in [1.165, 1.54) is 39.5 Å². The summed E-state index contributed by atoms with van der Waals surface area (Å²) in [7, 11) is 0.395. The molecule has 0 aliphatic rings. The summed E-state index contributed by atoms with van der Waals surface area (Å²) >= 11 is 0. The van der Waals surface area contributed by atoms with Crippen molar-refractivity contribution in [2.45, 2.75) is 4.90 Å². The van der Waals surface area contributed by atoms with Gasteiger partial charge >= 0.3 is 0 Å². The largest absolute Gasteiger partial charge is 0.497 e. The molecular weight excluding hydrogens is 558 g/mol. The zero-order valence-corrected chi connectivity index (χ0v) is 23.7. The van der Waals surface area contributed by atoms with Gasteiger partial charge in [-0.1, -0.05) is 24.3 Å². The number of anilines is 4. The Balaban J connectivity index is 1.46. The highest BCUT2D eigenvalue weighted by molar-refractivity contribution is 7.92. The first-order valence-corrected chi connectivity index (χ1v) is 14.1. The van der Waals surface area contributed by atoms with E-state index in [0.717, 1.165) is 0 Å². The van der Waals surface area contributed by atoms with Gasteiger partial charge in [-0.05, 0) is 48.5 Å². The number of hydrogen-bond donors (Lipinski definition) is 3. The fourth-order valence-electron chi connectivity index (χ4n) is 4.07. The number of fused-ring (bicyclic) bond motifs is 1. The molecule has 0 saturated carbocycles. The van der Waals surface area contributed by atoms with Crippen molar-refractivity contribution >= 4 is 50.0 Å².